The summed E-state index contributed by atoms with van der Waals surface area (Å²) < 4.78 is 5.47. The lowest BCUT2D eigenvalue weighted by Gasteiger charge is -2.08. The Morgan fingerprint density at radius 2 is 2.29 bits per heavy atom. The molecule has 0 atom stereocenters. The number of ether oxygens (including phenoxy) is 1. The van der Waals surface area contributed by atoms with Crippen LogP contribution in [0.1, 0.15) is 26.2 Å². The molecule has 0 aliphatic carbocycles. The minimum absolute atomic E-state index is 0.0348. The molecule has 4 heteroatoms. The molecule has 0 radical (unpaired) electrons. The molecule has 0 bridgehead atoms. The Labute approximate surface area is 102 Å². The van der Waals surface area contributed by atoms with Crippen LogP contribution in [0, 0.1) is 0 Å². The summed E-state index contributed by atoms with van der Waals surface area (Å²) in [7, 11) is 0. The predicted molar refractivity (Wildman–Crippen MR) is 67.2 cm³/mol. The summed E-state index contributed by atoms with van der Waals surface area (Å²) in [6.07, 6.45) is 1.77. The highest BCUT2D eigenvalue weighted by Gasteiger charge is 2.02. The lowest BCUT2D eigenvalue weighted by Crippen LogP contribution is -2.11. The molecule has 17 heavy (non-hydrogen) atoms. The fraction of sp³-hybridized carbons (Fsp3) is 0.462. The normalized spacial score (nSPS) is 10.0. The van der Waals surface area contributed by atoms with Gasteiger partial charge in [0.05, 0.1) is 6.61 Å². The van der Waals surface area contributed by atoms with Crippen LogP contribution in [0.5, 0.6) is 5.75 Å². The molecule has 0 saturated carbocycles. The van der Waals surface area contributed by atoms with Crippen LogP contribution in [0.15, 0.2) is 24.3 Å². The number of carbonyl (C=O) groups is 1. The third-order valence-corrected chi connectivity index (χ3v) is 2.15. The molecule has 0 unspecified atom stereocenters. The summed E-state index contributed by atoms with van der Waals surface area (Å²) in [5.41, 5.74) is 0.724. The van der Waals surface area contributed by atoms with Gasteiger partial charge in [0.25, 0.3) is 0 Å². The molecular formula is C13H19NO3. The van der Waals surface area contributed by atoms with Gasteiger partial charge in [0, 0.05) is 24.8 Å². The van der Waals surface area contributed by atoms with E-state index in [4.69, 9.17) is 9.84 Å². The lowest BCUT2D eigenvalue weighted by molar-refractivity contribution is -0.116. The van der Waals surface area contributed by atoms with Gasteiger partial charge in [-0.1, -0.05) is 13.0 Å². The van der Waals surface area contributed by atoms with Gasteiger partial charge < -0.3 is 15.2 Å². The number of anilines is 1. The van der Waals surface area contributed by atoms with E-state index < -0.39 is 0 Å². The molecule has 0 aromatic heterocycles. The second-order valence-electron chi connectivity index (χ2n) is 3.75. The topological polar surface area (TPSA) is 58.6 Å². The first kappa shape index (κ1) is 13.5. The lowest BCUT2D eigenvalue weighted by atomic mass is 10.2. The summed E-state index contributed by atoms with van der Waals surface area (Å²) in [5.74, 6) is 0.665. The van der Waals surface area contributed by atoms with Gasteiger partial charge in [-0.3, -0.25) is 4.79 Å². The van der Waals surface area contributed by atoms with Crippen molar-refractivity contribution in [1.82, 2.24) is 0 Å². The van der Waals surface area contributed by atoms with Crippen molar-refractivity contribution in [2.24, 2.45) is 0 Å². The monoisotopic (exact) mass is 237 g/mol. The van der Waals surface area contributed by atoms with Gasteiger partial charge in [-0.2, -0.15) is 0 Å². The Hall–Kier alpha value is -1.55. The number of amides is 1. The maximum Gasteiger partial charge on any atom is 0.224 e. The molecule has 0 saturated heterocycles. The Kier molecular flexibility index (Phi) is 6.10. The van der Waals surface area contributed by atoms with Crippen molar-refractivity contribution in [3.05, 3.63) is 24.3 Å². The van der Waals surface area contributed by atoms with Gasteiger partial charge in [0.1, 0.15) is 5.75 Å². The molecule has 1 amide bonds. The van der Waals surface area contributed by atoms with Gasteiger partial charge in [-0.05, 0) is 25.0 Å². The van der Waals surface area contributed by atoms with E-state index in [-0.39, 0.29) is 12.5 Å². The largest absolute Gasteiger partial charge is 0.494 e. The summed E-state index contributed by atoms with van der Waals surface area (Å²) >= 11 is 0. The maximum atomic E-state index is 11.4. The van der Waals surface area contributed by atoms with Crippen LogP contribution < -0.4 is 10.1 Å². The molecule has 4 nitrogen and oxygen atoms in total. The van der Waals surface area contributed by atoms with Crippen LogP contribution in [0.3, 0.4) is 0 Å². The quantitative estimate of drug-likeness (QED) is 0.764. The predicted octanol–water partition coefficient (Wildman–Crippen LogP) is 2.19. The second-order valence-corrected chi connectivity index (χ2v) is 3.75. The molecule has 0 spiro atoms. The molecular weight excluding hydrogens is 218 g/mol. The molecule has 1 aromatic carbocycles. The van der Waals surface area contributed by atoms with Crippen molar-refractivity contribution < 1.29 is 14.6 Å². The highest BCUT2D eigenvalue weighted by atomic mass is 16.5. The number of aliphatic hydroxyl groups is 1. The van der Waals surface area contributed by atoms with Crippen LogP contribution in [0.4, 0.5) is 5.69 Å². The van der Waals surface area contributed by atoms with Crippen molar-refractivity contribution in [3.8, 4) is 5.75 Å². The molecule has 94 valence electrons. The van der Waals surface area contributed by atoms with Gasteiger partial charge in [0.15, 0.2) is 0 Å². The van der Waals surface area contributed by atoms with Crippen molar-refractivity contribution >= 4 is 11.6 Å². The number of carbonyl (C=O) groups excluding carboxylic acids is 1. The maximum absolute atomic E-state index is 11.4. The molecule has 0 aliphatic rings. The third-order valence-electron chi connectivity index (χ3n) is 2.15. The molecule has 2 N–H and O–H groups in total. The van der Waals surface area contributed by atoms with E-state index in [1.165, 1.54) is 0 Å². The fourth-order valence-corrected chi connectivity index (χ4v) is 1.35. The number of benzene rings is 1. The number of rotatable bonds is 7. The first-order valence-electron chi connectivity index (χ1n) is 5.90. The molecule has 0 aliphatic heterocycles. The average Bonchev–Trinajstić information content (AvgIpc) is 2.34. The first-order chi connectivity index (χ1) is 8.26. The Bertz CT molecular complexity index is 352. The van der Waals surface area contributed by atoms with Crippen molar-refractivity contribution in [1.29, 1.82) is 0 Å². The van der Waals surface area contributed by atoms with E-state index in [1.807, 2.05) is 25.1 Å². The van der Waals surface area contributed by atoms with E-state index in [9.17, 15) is 4.79 Å². The summed E-state index contributed by atoms with van der Waals surface area (Å²) in [6, 6.07) is 7.31. The zero-order chi connectivity index (χ0) is 12.5. The van der Waals surface area contributed by atoms with Crippen LogP contribution in [-0.4, -0.2) is 24.2 Å². The zero-order valence-electron chi connectivity index (χ0n) is 10.1. The number of hydrogen-bond acceptors (Lipinski definition) is 3. The summed E-state index contributed by atoms with van der Waals surface area (Å²) in [6.45, 7) is 2.75. The van der Waals surface area contributed by atoms with Gasteiger partial charge in [-0.25, -0.2) is 0 Å². The SMILES string of the molecule is CCCOc1cccc(NC(=O)CCCO)c1. The first-order valence-corrected chi connectivity index (χ1v) is 5.90. The summed E-state index contributed by atoms with van der Waals surface area (Å²) in [4.78, 5) is 11.4. The highest BCUT2D eigenvalue weighted by molar-refractivity contribution is 5.90. The van der Waals surface area contributed by atoms with Crippen LogP contribution in [0.25, 0.3) is 0 Å². The molecule has 0 fully saturated rings. The molecule has 1 aromatic rings. The standard InChI is InChI=1S/C13H19NO3/c1-2-9-17-12-6-3-5-11(10-12)14-13(16)7-4-8-15/h3,5-6,10,15H,2,4,7-9H2,1H3,(H,14,16). The van der Waals surface area contributed by atoms with Crippen LogP contribution in [-0.2, 0) is 4.79 Å². The molecule has 1 rings (SSSR count). The fourth-order valence-electron chi connectivity index (χ4n) is 1.35. The smallest absolute Gasteiger partial charge is 0.224 e. The van der Waals surface area contributed by atoms with E-state index in [1.54, 1.807) is 6.07 Å². The number of nitrogens with one attached hydrogen (secondary N) is 1. The van der Waals surface area contributed by atoms with E-state index in [0.717, 1.165) is 17.9 Å². The van der Waals surface area contributed by atoms with Crippen molar-refractivity contribution in [2.75, 3.05) is 18.5 Å². The molecule has 0 heterocycles. The number of aliphatic hydroxyl groups excluding tert-OH is 1. The van der Waals surface area contributed by atoms with E-state index >= 15 is 0 Å². The van der Waals surface area contributed by atoms with Gasteiger partial charge >= 0.3 is 0 Å². The van der Waals surface area contributed by atoms with E-state index in [2.05, 4.69) is 5.32 Å². The number of hydrogen-bond donors (Lipinski definition) is 2. The van der Waals surface area contributed by atoms with Crippen molar-refractivity contribution in [2.45, 2.75) is 26.2 Å². The Balaban J connectivity index is 2.50. The van der Waals surface area contributed by atoms with Crippen LogP contribution >= 0.6 is 0 Å². The van der Waals surface area contributed by atoms with Crippen molar-refractivity contribution in [3.63, 3.8) is 0 Å². The van der Waals surface area contributed by atoms with Crippen LogP contribution in [0.2, 0.25) is 0 Å². The van der Waals surface area contributed by atoms with Gasteiger partial charge in [-0.15, -0.1) is 0 Å². The third kappa shape index (κ3) is 5.36. The minimum Gasteiger partial charge on any atom is -0.494 e. The minimum atomic E-state index is -0.0910. The second kappa shape index (κ2) is 7.68. The summed E-state index contributed by atoms with van der Waals surface area (Å²) in [5, 5.41) is 11.4. The zero-order valence-corrected chi connectivity index (χ0v) is 10.1. The van der Waals surface area contributed by atoms with E-state index in [0.29, 0.717) is 19.4 Å². The Morgan fingerprint density at radius 1 is 1.47 bits per heavy atom. The van der Waals surface area contributed by atoms with Gasteiger partial charge in [0.2, 0.25) is 5.91 Å². The average molecular weight is 237 g/mol. The Morgan fingerprint density at radius 3 is 3.00 bits per heavy atom. The highest BCUT2D eigenvalue weighted by Crippen LogP contribution is 2.17.